The summed E-state index contributed by atoms with van der Waals surface area (Å²) in [5.74, 6) is -2.49. The fraction of sp³-hybridized carbons (Fsp3) is 0.500. The Balaban J connectivity index is 2.12. The second-order valence-corrected chi connectivity index (χ2v) is 5.62. The summed E-state index contributed by atoms with van der Waals surface area (Å²) in [6.45, 7) is 5.19. The van der Waals surface area contributed by atoms with Crippen LogP contribution in [0.25, 0.3) is 0 Å². The zero-order valence-electron chi connectivity index (χ0n) is 12.5. The molecule has 0 saturated carbocycles. The minimum atomic E-state index is -0.953. The van der Waals surface area contributed by atoms with Gasteiger partial charge in [0.15, 0.2) is 0 Å². The summed E-state index contributed by atoms with van der Waals surface area (Å²) in [4.78, 5) is 25.5. The van der Waals surface area contributed by atoms with E-state index in [2.05, 4.69) is 10.2 Å². The van der Waals surface area contributed by atoms with Crippen LogP contribution in [0.4, 0.5) is 11.4 Å². The number of aliphatic carboxylic acids is 1. The van der Waals surface area contributed by atoms with Gasteiger partial charge < -0.3 is 15.3 Å². The Bertz CT molecular complexity index is 524. The van der Waals surface area contributed by atoms with E-state index in [4.69, 9.17) is 5.11 Å². The average Bonchev–Trinajstić information content (AvgIpc) is 3.00. The van der Waals surface area contributed by atoms with Crippen molar-refractivity contribution < 1.29 is 14.7 Å². The molecule has 2 atom stereocenters. The highest BCUT2D eigenvalue weighted by Gasteiger charge is 2.26. The number of rotatable bonds is 5. The summed E-state index contributed by atoms with van der Waals surface area (Å²) in [6, 6.07) is 7.68. The first-order valence-corrected chi connectivity index (χ1v) is 7.38. The molecule has 2 N–H and O–H groups in total. The Kier molecular flexibility index (Phi) is 4.83. The zero-order chi connectivity index (χ0) is 15.4. The molecular weight excluding hydrogens is 268 g/mol. The van der Waals surface area contributed by atoms with Crippen molar-refractivity contribution in [1.82, 2.24) is 0 Å². The molecule has 2 unspecified atom stereocenters. The SMILES string of the molecule is CC(C(=O)O)C(C)C(=O)Nc1ccccc1N1CCCC1. The molecule has 0 aromatic heterocycles. The van der Waals surface area contributed by atoms with Crippen molar-refractivity contribution in [2.24, 2.45) is 11.8 Å². The van der Waals surface area contributed by atoms with Crippen molar-refractivity contribution in [2.45, 2.75) is 26.7 Å². The van der Waals surface area contributed by atoms with Crippen molar-refractivity contribution in [2.75, 3.05) is 23.3 Å². The van der Waals surface area contributed by atoms with E-state index in [0.717, 1.165) is 37.3 Å². The molecule has 1 aromatic rings. The van der Waals surface area contributed by atoms with E-state index in [-0.39, 0.29) is 5.91 Å². The number of benzene rings is 1. The lowest BCUT2D eigenvalue weighted by molar-refractivity contribution is -0.145. The molecule has 114 valence electrons. The summed E-state index contributed by atoms with van der Waals surface area (Å²) in [5.41, 5.74) is 1.77. The van der Waals surface area contributed by atoms with Gasteiger partial charge in [0.05, 0.1) is 17.3 Å². The summed E-state index contributed by atoms with van der Waals surface area (Å²) < 4.78 is 0. The first kappa shape index (κ1) is 15.4. The molecule has 5 heteroatoms. The highest BCUT2D eigenvalue weighted by Crippen LogP contribution is 2.29. The molecule has 1 heterocycles. The fourth-order valence-corrected chi connectivity index (χ4v) is 2.50. The van der Waals surface area contributed by atoms with Gasteiger partial charge in [-0.2, -0.15) is 0 Å². The number of hydrogen-bond donors (Lipinski definition) is 2. The maximum absolute atomic E-state index is 12.2. The van der Waals surface area contributed by atoms with Gasteiger partial charge in [-0.1, -0.05) is 26.0 Å². The molecule has 1 amide bonds. The molecular formula is C16H22N2O3. The summed E-state index contributed by atoms with van der Waals surface area (Å²) in [6.07, 6.45) is 2.32. The maximum atomic E-state index is 12.2. The Labute approximate surface area is 125 Å². The number of nitrogens with one attached hydrogen (secondary N) is 1. The lowest BCUT2D eigenvalue weighted by Gasteiger charge is -2.23. The third-order valence-electron chi connectivity index (χ3n) is 4.16. The Morgan fingerprint density at radius 1 is 1.14 bits per heavy atom. The number of carboxylic acid groups (broad SMARTS) is 1. The van der Waals surface area contributed by atoms with Crippen LogP contribution in [0.1, 0.15) is 26.7 Å². The molecule has 1 aromatic carbocycles. The van der Waals surface area contributed by atoms with Gasteiger partial charge in [0.2, 0.25) is 5.91 Å². The standard InChI is InChI=1S/C16H22N2O3/c1-11(12(2)16(20)21)15(19)17-13-7-3-4-8-14(13)18-9-5-6-10-18/h3-4,7-8,11-12H,5-6,9-10H2,1-2H3,(H,17,19)(H,20,21). The predicted octanol–water partition coefficient (Wildman–Crippen LogP) is 2.58. The number of carboxylic acids is 1. The molecule has 1 fully saturated rings. The fourth-order valence-electron chi connectivity index (χ4n) is 2.50. The van der Waals surface area contributed by atoms with Gasteiger partial charge in [-0.05, 0) is 25.0 Å². The molecule has 1 aliphatic rings. The molecule has 0 aliphatic carbocycles. The highest BCUT2D eigenvalue weighted by molar-refractivity contribution is 5.97. The van der Waals surface area contributed by atoms with Crippen LogP contribution in [0.5, 0.6) is 0 Å². The maximum Gasteiger partial charge on any atom is 0.307 e. The van der Waals surface area contributed by atoms with E-state index >= 15 is 0 Å². The smallest absolute Gasteiger partial charge is 0.307 e. The summed E-state index contributed by atoms with van der Waals surface area (Å²) in [5, 5.41) is 11.9. The van der Waals surface area contributed by atoms with E-state index in [1.165, 1.54) is 0 Å². The largest absolute Gasteiger partial charge is 0.481 e. The lowest BCUT2D eigenvalue weighted by Crippen LogP contribution is -2.30. The number of carbonyl (C=O) groups is 2. The van der Waals surface area contributed by atoms with Crippen molar-refractivity contribution in [1.29, 1.82) is 0 Å². The van der Waals surface area contributed by atoms with Crippen molar-refractivity contribution in [3.8, 4) is 0 Å². The molecule has 21 heavy (non-hydrogen) atoms. The minimum Gasteiger partial charge on any atom is -0.481 e. The van der Waals surface area contributed by atoms with Crippen molar-refractivity contribution in [3.63, 3.8) is 0 Å². The van der Waals surface area contributed by atoms with Gasteiger partial charge in [0.25, 0.3) is 0 Å². The third-order valence-corrected chi connectivity index (χ3v) is 4.16. The van der Waals surface area contributed by atoms with Gasteiger partial charge in [-0.25, -0.2) is 0 Å². The van der Waals surface area contributed by atoms with Crippen LogP contribution in [0.3, 0.4) is 0 Å². The van der Waals surface area contributed by atoms with Crippen molar-refractivity contribution >= 4 is 23.3 Å². The quantitative estimate of drug-likeness (QED) is 0.874. The normalized spacial score (nSPS) is 17.3. The second kappa shape index (κ2) is 6.61. The van der Waals surface area contributed by atoms with Crippen LogP contribution < -0.4 is 10.2 Å². The third kappa shape index (κ3) is 3.54. The van der Waals surface area contributed by atoms with Crippen molar-refractivity contribution in [3.05, 3.63) is 24.3 Å². The Morgan fingerprint density at radius 3 is 2.38 bits per heavy atom. The monoisotopic (exact) mass is 290 g/mol. The van der Waals surface area contributed by atoms with E-state index in [1.54, 1.807) is 13.8 Å². The number of carbonyl (C=O) groups excluding carboxylic acids is 1. The lowest BCUT2D eigenvalue weighted by atomic mass is 9.95. The number of amides is 1. The van der Waals surface area contributed by atoms with E-state index in [9.17, 15) is 9.59 Å². The molecule has 0 spiro atoms. The molecule has 0 bridgehead atoms. The van der Waals surface area contributed by atoms with E-state index < -0.39 is 17.8 Å². The number of anilines is 2. The molecule has 1 aliphatic heterocycles. The van der Waals surface area contributed by atoms with E-state index in [0.29, 0.717) is 0 Å². The zero-order valence-corrected chi connectivity index (χ0v) is 12.5. The van der Waals surface area contributed by atoms with Gasteiger partial charge in [-0.15, -0.1) is 0 Å². The van der Waals surface area contributed by atoms with Crippen LogP contribution in [0, 0.1) is 11.8 Å². The number of hydrogen-bond acceptors (Lipinski definition) is 3. The second-order valence-electron chi connectivity index (χ2n) is 5.62. The summed E-state index contributed by atoms with van der Waals surface area (Å²) in [7, 11) is 0. The van der Waals surface area contributed by atoms with Crippen LogP contribution in [-0.2, 0) is 9.59 Å². The Morgan fingerprint density at radius 2 is 1.76 bits per heavy atom. The molecule has 0 radical (unpaired) electrons. The number of para-hydroxylation sites is 2. The summed E-state index contributed by atoms with van der Waals surface area (Å²) >= 11 is 0. The average molecular weight is 290 g/mol. The molecule has 1 saturated heterocycles. The first-order valence-electron chi connectivity index (χ1n) is 7.38. The van der Waals surface area contributed by atoms with Gasteiger partial charge in [0, 0.05) is 19.0 Å². The van der Waals surface area contributed by atoms with E-state index in [1.807, 2.05) is 24.3 Å². The van der Waals surface area contributed by atoms with Gasteiger partial charge in [0.1, 0.15) is 0 Å². The number of nitrogens with zero attached hydrogens (tertiary/aromatic N) is 1. The van der Waals surface area contributed by atoms with Crippen LogP contribution in [-0.4, -0.2) is 30.1 Å². The van der Waals surface area contributed by atoms with Crippen LogP contribution in [0.2, 0.25) is 0 Å². The first-order chi connectivity index (χ1) is 10.0. The van der Waals surface area contributed by atoms with Crippen LogP contribution >= 0.6 is 0 Å². The minimum absolute atomic E-state index is 0.253. The molecule has 5 nitrogen and oxygen atoms in total. The Hall–Kier alpha value is -2.04. The van der Waals surface area contributed by atoms with Crippen LogP contribution in [0.15, 0.2) is 24.3 Å². The predicted molar refractivity (Wildman–Crippen MR) is 82.5 cm³/mol. The van der Waals surface area contributed by atoms with Gasteiger partial charge >= 0.3 is 5.97 Å². The van der Waals surface area contributed by atoms with Gasteiger partial charge in [-0.3, -0.25) is 9.59 Å². The highest BCUT2D eigenvalue weighted by atomic mass is 16.4. The topological polar surface area (TPSA) is 69.6 Å². The molecule has 2 rings (SSSR count).